The molecule has 0 saturated carbocycles. The highest BCUT2D eigenvalue weighted by Gasteiger charge is 2.17. The lowest BCUT2D eigenvalue weighted by Gasteiger charge is -2.08. The first-order valence-electron chi connectivity index (χ1n) is 4.70. The average Bonchev–Trinajstić information content (AvgIpc) is 2.81. The molecule has 1 amide bonds. The van der Waals surface area contributed by atoms with Crippen molar-refractivity contribution in [2.75, 3.05) is 5.32 Å². The molecule has 0 fully saturated rings. The molecule has 0 aliphatic carbocycles. The Labute approximate surface area is 110 Å². The maximum atomic E-state index is 11.7. The van der Waals surface area contributed by atoms with Crippen LogP contribution in [0.15, 0.2) is 23.6 Å². The summed E-state index contributed by atoms with van der Waals surface area (Å²) in [7, 11) is 0. The van der Waals surface area contributed by atoms with Gasteiger partial charge in [-0.15, -0.1) is 5.10 Å². The van der Waals surface area contributed by atoms with Crippen LogP contribution in [0, 0.1) is 0 Å². The molecule has 0 radical (unpaired) electrons. The minimum atomic E-state index is -1.22. The fourth-order valence-corrected chi connectivity index (χ4v) is 1.99. The molecule has 1 aromatic heterocycles. The number of aromatic carboxylic acids is 1. The van der Waals surface area contributed by atoms with Crippen molar-refractivity contribution >= 4 is 40.7 Å². The Bertz CT molecular complexity index is 600. The lowest BCUT2D eigenvalue weighted by Crippen LogP contribution is -2.15. The minimum absolute atomic E-state index is 0.0525. The first kappa shape index (κ1) is 12.5. The fraction of sp³-hybridized carbons (Fsp3) is 0. The molecule has 8 heteroatoms. The molecule has 0 bridgehead atoms. The van der Waals surface area contributed by atoms with E-state index in [4.69, 9.17) is 16.7 Å². The number of carbonyl (C=O) groups excluding carboxylic acids is 1. The molecule has 0 aliphatic heterocycles. The minimum Gasteiger partial charge on any atom is -0.478 e. The van der Waals surface area contributed by atoms with Crippen molar-refractivity contribution in [1.29, 1.82) is 0 Å². The van der Waals surface area contributed by atoms with Gasteiger partial charge < -0.3 is 10.4 Å². The van der Waals surface area contributed by atoms with Crippen molar-refractivity contribution in [1.82, 2.24) is 9.59 Å². The van der Waals surface area contributed by atoms with Gasteiger partial charge in [-0.25, -0.2) is 4.79 Å². The van der Waals surface area contributed by atoms with Gasteiger partial charge in [-0.3, -0.25) is 4.79 Å². The third-order valence-electron chi connectivity index (χ3n) is 2.07. The topological polar surface area (TPSA) is 92.2 Å². The number of amides is 1. The van der Waals surface area contributed by atoms with Gasteiger partial charge in [0, 0.05) is 5.38 Å². The van der Waals surface area contributed by atoms with Crippen LogP contribution in [0.3, 0.4) is 0 Å². The van der Waals surface area contributed by atoms with E-state index in [1.54, 1.807) is 6.07 Å². The number of benzene rings is 1. The molecule has 1 heterocycles. The first-order valence-corrected chi connectivity index (χ1v) is 5.91. The standard InChI is InChI=1S/C10H6ClN3O3S/c11-5-2-1-3-6(8(5)10(16)17)12-9(15)7-4-18-14-13-7/h1-4H,(H,12,15)(H,16,17). The molecule has 0 atom stereocenters. The smallest absolute Gasteiger partial charge is 0.339 e. The highest BCUT2D eigenvalue weighted by atomic mass is 35.5. The Kier molecular flexibility index (Phi) is 3.54. The van der Waals surface area contributed by atoms with Gasteiger partial charge >= 0.3 is 5.97 Å². The maximum Gasteiger partial charge on any atom is 0.339 e. The molecule has 18 heavy (non-hydrogen) atoms. The quantitative estimate of drug-likeness (QED) is 0.900. The summed E-state index contributed by atoms with van der Waals surface area (Å²) >= 11 is 6.80. The summed E-state index contributed by atoms with van der Waals surface area (Å²) in [4.78, 5) is 22.8. The molecular formula is C10H6ClN3O3S. The summed E-state index contributed by atoms with van der Waals surface area (Å²) in [5.41, 5.74) is 0.0834. The number of rotatable bonds is 3. The van der Waals surface area contributed by atoms with Crippen molar-refractivity contribution in [3.8, 4) is 0 Å². The SMILES string of the molecule is O=C(Nc1cccc(Cl)c1C(=O)O)c1csnn1. The van der Waals surface area contributed by atoms with Crippen LogP contribution >= 0.6 is 23.1 Å². The fourth-order valence-electron chi connectivity index (χ4n) is 1.30. The second-order valence-electron chi connectivity index (χ2n) is 3.21. The van der Waals surface area contributed by atoms with E-state index in [9.17, 15) is 9.59 Å². The normalized spacial score (nSPS) is 10.1. The van der Waals surface area contributed by atoms with Gasteiger partial charge in [-0.1, -0.05) is 22.2 Å². The third-order valence-corrected chi connectivity index (χ3v) is 2.89. The molecule has 0 aliphatic rings. The summed E-state index contributed by atoms with van der Waals surface area (Å²) in [6.45, 7) is 0. The monoisotopic (exact) mass is 283 g/mol. The number of nitrogens with one attached hydrogen (secondary N) is 1. The van der Waals surface area contributed by atoms with Crippen molar-refractivity contribution in [3.63, 3.8) is 0 Å². The zero-order chi connectivity index (χ0) is 13.1. The number of anilines is 1. The van der Waals surface area contributed by atoms with Crippen molar-refractivity contribution in [3.05, 3.63) is 39.9 Å². The van der Waals surface area contributed by atoms with Crippen LogP contribution in [0.25, 0.3) is 0 Å². The largest absolute Gasteiger partial charge is 0.478 e. The molecule has 92 valence electrons. The van der Waals surface area contributed by atoms with Gasteiger partial charge in [-0.2, -0.15) is 0 Å². The van der Waals surface area contributed by atoms with Gasteiger partial charge in [0.15, 0.2) is 5.69 Å². The van der Waals surface area contributed by atoms with Crippen LogP contribution in [-0.4, -0.2) is 26.6 Å². The predicted molar refractivity (Wildman–Crippen MR) is 66.3 cm³/mol. The number of aromatic nitrogens is 2. The number of carbonyl (C=O) groups is 2. The Balaban J connectivity index is 2.32. The number of hydrogen-bond acceptors (Lipinski definition) is 5. The van der Waals surface area contributed by atoms with Crippen LogP contribution in [0.2, 0.25) is 5.02 Å². The molecule has 0 unspecified atom stereocenters. The molecule has 1 aromatic carbocycles. The van der Waals surface area contributed by atoms with Crippen molar-refractivity contribution < 1.29 is 14.7 Å². The maximum absolute atomic E-state index is 11.7. The van der Waals surface area contributed by atoms with E-state index in [1.165, 1.54) is 17.5 Å². The number of carboxylic acid groups (broad SMARTS) is 1. The second kappa shape index (κ2) is 5.11. The molecular weight excluding hydrogens is 278 g/mol. The predicted octanol–water partition coefficient (Wildman–Crippen LogP) is 2.14. The first-order chi connectivity index (χ1) is 8.59. The number of halogens is 1. The van der Waals surface area contributed by atoms with Crippen LogP contribution in [0.4, 0.5) is 5.69 Å². The van der Waals surface area contributed by atoms with E-state index in [-0.39, 0.29) is 22.0 Å². The van der Waals surface area contributed by atoms with Crippen LogP contribution < -0.4 is 5.32 Å². The van der Waals surface area contributed by atoms with Gasteiger partial charge in [-0.05, 0) is 23.7 Å². The van der Waals surface area contributed by atoms with Crippen molar-refractivity contribution in [2.24, 2.45) is 0 Å². The van der Waals surface area contributed by atoms with E-state index >= 15 is 0 Å². The molecule has 2 N–H and O–H groups in total. The number of hydrogen-bond donors (Lipinski definition) is 2. The zero-order valence-electron chi connectivity index (χ0n) is 8.75. The summed E-state index contributed by atoms with van der Waals surface area (Å²) in [6, 6.07) is 4.43. The van der Waals surface area contributed by atoms with Gasteiger partial charge in [0.05, 0.1) is 10.7 Å². The second-order valence-corrected chi connectivity index (χ2v) is 4.23. The van der Waals surface area contributed by atoms with E-state index in [2.05, 4.69) is 14.9 Å². The van der Waals surface area contributed by atoms with E-state index in [1.807, 2.05) is 0 Å². The molecule has 6 nitrogen and oxygen atoms in total. The summed E-state index contributed by atoms with van der Waals surface area (Å²) in [5, 5.41) is 16.6. The van der Waals surface area contributed by atoms with E-state index < -0.39 is 11.9 Å². The third kappa shape index (κ3) is 2.47. The summed E-state index contributed by atoms with van der Waals surface area (Å²) in [5.74, 6) is -1.75. The lowest BCUT2D eigenvalue weighted by atomic mass is 10.1. The average molecular weight is 284 g/mol. The van der Waals surface area contributed by atoms with Gasteiger partial charge in [0.25, 0.3) is 5.91 Å². The lowest BCUT2D eigenvalue weighted by molar-refractivity contribution is 0.0698. The van der Waals surface area contributed by atoms with E-state index in [0.29, 0.717) is 0 Å². The van der Waals surface area contributed by atoms with Gasteiger partial charge in [0.1, 0.15) is 5.56 Å². The molecule has 2 rings (SSSR count). The van der Waals surface area contributed by atoms with Crippen LogP contribution in [-0.2, 0) is 0 Å². The van der Waals surface area contributed by atoms with Crippen LogP contribution in [0.5, 0.6) is 0 Å². The molecule has 0 saturated heterocycles. The Morgan fingerprint density at radius 3 is 2.78 bits per heavy atom. The summed E-state index contributed by atoms with van der Waals surface area (Å²) < 4.78 is 3.55. The Morgan fingerprint density at radius 2 is 2.17 bits per heavy atom. The van der Waals surface area contributed by atoms with Gasteiger partial charge in [0.2, 0.25) is 0 Å². The summed E-state index contributed by atoms with van der Waals surface area (Å²) in [6.07, 6.45) is 0. The van der Waals surface area contributed by atoms with E-state index in [0.717, 1.165) is 11.5 Å². The van der Waals surface area contributed by atoms with Crippen molar-refractivity contribution in [2.45, 2.75) is 0 Å². The highest BCUT2D eigenvalue weighted by Crippen LogP contribution is 2.24. The number of nitrogens with zero attached hydrogens (tertiary/aromatic N) is 2. The molecule has 2 aromatic rings. The Morgan fingerprint density at radius 1 is 1.39 bits per heavy atom. The number of carboxylic acids is 1. The Hall–Kier alpha value is -1.99. The van der Waals surface area contributed by atoms with Crippen LogP contribution in [0.1, 0.15) is 20.8 Å². The molecule has 0 spiro atoms. The zero-order valence-corrected chi connectivity index (χ0v) is 10.3. The highest BCUT2D eigenvalue weighted by molar-refractivity contribution is 7.03.